The van der Waals surface area contributed by atoms with Gasteiger partial charge < -0.3 is 23.9 Å². The molecule has 0 unspecified atom stereocenters. The molecule has 10 nitrogen and oxygen atoms in total. The maximum absolute atomic E-state index is 10.6. The fourth-order valence-electron chi connectivity index (χ4n) is 4.07. The Bertz CT molecular complexity index is 1020. The second-order valence-electron chi connectivity index (χ2n) is 9.06. The molecule has 2 N–H and O–H groups in total. The summed E-state index contributed by atoms with van der Waals surface area (Å²) in [6.07, 6.45) is -4.41. The Morgan fingerprint density at radius 2 is 1.54 bits per heavy atom. The number of alkyl halides is 6. The third-order valence-corrected chi connectivity index (χ3v) is 6.13. The highest BCUT2D eigenvalue weighted by molar-refractivity contribution is 5.73. The van der Waals surface area contributed by atoms with E-state index in [0.29, 0.717) is 0 Å². The van der Waals surface area contributed by atoms with Crippen molar-refractivity contribution in [1.29, 1.82) is 0 Å². The molecular formula is C23H29F6N3O7. The summed E-state index contributed by atoms with van der Waals surface area (Å²) in [5.41, 5.74) is 3.50. The zero-order valence-electron chi connectivity index (χ0n) is 21.1. The number of hydrogen-bond acceptors (Lipinski definition) is 8. The highest BCUT2D eigenvalue weighted by Crippen LogP contribution is 2.32. The molecule has 4 heterocycles. The summed E-state index contributed by atoms with van der Waals surface area (Å²) in [6.45, 7) is 10.8. The summed E-state index contributed by atoms with van der Waals surface area (Å²) in [6, 6.07) is 2.05. The number of ether oxygens (including phenoxy) is 1. The number of furan rings is 1. The maximum atomic E-state index is 10.6. The van der Waals surface area contributed by atoms with Gasteiger partial charge in [-0.3, -0.25) is 9.80 Å². The van der Waals surface area contributed by atoms with Crippen molar-refractivity contribution in [3.05, 3.63) is 41.2 Å². The van der Waals surface area contributed by atoms with E-state index < -0.39 is 24.3 Å². The lowest BCUT2D eigenvalue weighted by atomic mass is 9.89. The van der Waals surface area contributed by atoms with Crippen LogP contribution in [0.1, 0.15) is 35.4 Å². The minimum Gasteiger partial charge on any atom is -0.475 e. The highest BCUT2D eigenvalue weighted by atomic mass is 19.4. The van der Waals surface area contributed by atoms with E-state index in [1.54, 1.807) is 6.26 Å². The normalized spacial score (nSPS) is 18.1. The van der Waals surface area contributed by atoms with Gasteiger partial charge in [-0.05, 0) is 32.8 Å². The van der Waals surface area contributed by atoms with Gasteiger partial charge in [0.15, 0.2) is 0 Å². The second-order valence-corrected chi connectivity index (χ2v) is 9.06. The number of carbonyl (C=O) groups is 2. The van der Waals surface area contributed by atoms with Gasteiger partial charge >= 0.3 is 24.3 Å². The van der Waals surface area contributed by atoms with Gasteiger partial charge in [0.25, 0.3) is 0 Å². The number of nitrogens with zero attached hydrogens (tertiary/aromatic N) is 3. The topological polar surface area (TPSA) is 129 Å². The van der Waals surface area contributed by atoms with E-state index in [1.165, 1.54) is 11.1 Å². The number of halogens is 6. The quantitative estimate of drug-likeness (QED) is 0.518. The Balaban J connectivity index is 0.000000317. The molecule has 0 saturated carbocycles. The van der Waals surface area contributed by atoms with Crippen molar-refractivity contribution >= 4 is 11.9 Å². The summed E-state index contributed by atoms with van der Waals surface area (Å²) in [5.74, 6) is -4.57. The Kier molecular flexibility index (Phi) is 10.9. The van der Waals surface area contributed by atoms with Gasteiger partial charge in [0.1, 0.15) is 5.76 Å². The number of carboxylic acids is 2. The van der Waals surface area contributed by atoms with E-state index in [2.05, 4.69) is 15.0 Å². The number of aryl methyl sites for hydroxylation is 2. The van der Waals surface area contributed by atoms with E-state index in [1.807, 2.05) is 26.2 Å². The molecule has 220 valence electrons. The third kappa shape index (κ3) is 10.2. The lowest BCUT2D eigenvalue weighted by Gasteiger charge is -2.47. The number of aliphatic carboxylic acids is 2. The van der Waals surface area contributed by atoms with Crippen LogP contribution in [0.15, 0.2) is 27.5 Å². The molecule has 0 atom stereocenters. The van der Waals surface area contributed by atoms with Crippen LogP contribution in [0.3, 0.4) is 0 Å². The Morgan fingerprint density at radius 1 is 0.974 bits per heavy atom. The Morgan fingerprint density at radius 3 is 1.97 bits per heavy atom. The first-order valence-corrected chi connectivity index (χ1v) is 11.6. The number of rotatable bonds is 4. The molecule has 0 aromatic carbocycles. The average Bonchev–Trinajstić information content (AvgIpc) is 3.45. The van der Waals surface area contributed by atoms with Gasteiger partial charge in [-0.25, -0.2) is 9.59 Å². The van der Waals surface area contributed by atoms with E-state index >= 15 is 0 Å². The number of likely N-dealkylation sites (tertiary alicyclic amines) is 1. The predicted molar refractivity (Wildman–Crippen MR) is 121 cm³/mol. The summed E-state index contributed by atoms with van der Waals surface area (Å²) in [5, 5.41) is 18.3. The summed E-state index contributed by atoms with van der Waals surface area (Å²) in [4.78, 5) is 22.8. The minimum atomic E-state index is -5.08. The molecule has 2 fully saturated rings. The van der Waals surface area contributed by atoms with Crippen LogP contribution in [-0.2, 0) is 27.4 Å². The van der Waals surface area contributed by atoms with E-state index in [0.717, 1.165) is 70.2 Å². The van der Waals surface area contributed by atoms with Gasteiger partial charge in [0, 0.05) is 50.4 Å². The van der Waals surface area contributed by atoms with E-state index in [-0.39, 0.29) is 5.60 Å². The van der Waals surface area contributed by atoms with E-state index in [9.17, 15) is 26.3 Å². The van der Waals surface area contributed by atoms with Crippen LogP contribution >= 0.6 is 0 Å². The number of aromatic nitrogens is 1. The summed E-state index contributed by atoms with van der Waals surface area (Å²) >= 11 is 0. The van der Waals surface area contributed by atoms with Crippen molar-refractivity contribution in [2.45, 2.75) is 57.7 Å². The molecule has 4 rings (SSSR count). The molecule has 2 saturated heterocycles. The fourth-order valence-corrected chi connectivity index (χ4v) is 4.07. The fraction of sp³-hybridized carbons (Fsp3) is 0.609. The van der Waals surface area contributed by atoms with Gasteiger partial charge in [0.05, 0.1) is 30.4 Å². The van der Waals surface area contributed by atoms with Crippen LogP contribution in [-0.4, -0.2) is 87.8 Å². The van der Waals surface area contributed by atoms with Crippen LogP contribution in [0, 0.1) is 13.8 Å². The van der Waals surface area contributed by atoms with Crippen LogP contribution in [0.5, 0.6) is 0 Å². The van der Waals surface area contributed by atoms with Gasteiger partial charge in [-0.2, -0.15) is 26.3 Å². The maximum Gasteiger partial charge on any atom is 0.490 e. The molecule has 0 bridgehead atoms. The van der Waals surface area contributed by atoms with Crippen LogP contribution < -0.4 is 0 Å². The molecule has 2 aromatic rings. The van der Waals surface area contributed by atoms with Gasteiger partial charge in [0.2, 0.25) is 0 Å². The first-order valence-electron chi connectivity index (χ1n) is 11.6. The minimum absolute atomic E-state index is 0.0111. The number of carboxylic acid groups (broad SMARTS) is 2. The standard InChI is InChI=1S/C19H27N3O3.2C2HF3O2/c1-15-18(16(2)25-20-15)12-21-6-4-19(5-7-21)14-22(8-10-24-19)11-17-3-9-23-13-17;2*3-2(4,5)1(6)7/h3,9,13H,4-8,10-12,14H2,1-2H3;2*(H,6,7). The largest absolute Gasteiger partial charge is 0.490 e. The first kappa shape index (κ1) is 32.1. The SMILES string of the molecule is Cc1noc(C)c1CN1CCC2(CC1)CN(Cc1ccoc1)CCO2.O=C(O)C(F)(F)F.O=C(O)C(F)(F)F. The molecule has 39 heavy (non-hydrogen) atoms. The van der Waals surface area contributed by atoms with Crippen LogP contribution in [0.25, 0.3) is 0 Å². The molecule has 2 aliphatic rings. The third-order valence-electron chi connectivity index (χ3n) is 6.13. The van der Waals surface area contributed by atoms with E-state index in [4.69, 9.17) is 33.5 Å². The van der Waals surface area contributed by atoms with Crippen molar-refractivity contribution in [3.63, 3.8) is 0 Å². The highest BCUT2D eigenvalue weighted by Gasteiger charge is 2.40. The molecule has 2 aliphatic heterocycles. The van der Waals surface area contributed by atoms with Crippen LogP contribution in [0.4, 0.5) is 26.3 Å². The number of morpholine rings is 1. The zero-order chi connectivity index (χ0) is 29.4. The number of hydrogen-bond donors (Lipinski definition) is 2. The van der Waals surface area contributed by atoms with Crippen molar-refractivity contribution in [3.8, 4) is 0 Å². The molecule has 16 heteroatoms. The smallest absolute Gasteiger partial charge is 0.475 e. The summed E-state index contributed by atoms with van der Waals surface area (Å²) < 4.78 is 80.2. The Labute approximate surface area is 219 Å². The molecule has 0 amide bonds. The predicted octanol–water partition coefficient (Wildman–Crippen LogP) is 4.02. The zero-order valence-corrected chi connectivity index (χ0v) is 21.1. The molecular weight excluding hydrogens is 544 g/mol. The lowest BCUT2D eigenvalue weighted by Crippen LogP contribution is -2.56. The van der Waals surface area contributed by atoms with Gasteiger partial charge in [-0.15, -0.1) is 0 Å². The average molecular weight is 573 g/mol. The monoisotopic (exact) mass is 573 g/mol. The number of piperidine rings is 1. The summed E-state index contributed by atoms with van der Waals surface area (Å²) in [7, 11) is 0. The molecule has 0 radical (unpaired) electrons. The van der Waals surface area contributed by atoms with Crippen molar-refractivity contribution < 1.29 is 59.8 Å². The molecule has 1 spiro atoms. The van der Waals surface area contributed by atoms with Gasteiger partial charge in [-0.1, -0.05) is 5.16 Å². The first-order chi connectivity index (χ1) is 18.0. The molecule has 0 aliphatic carbocycles. The van der Waals surface area contributed by atoms with Crippen molar-refractivity contribution in [2.75, 3.05) is 32.8 Å². The Hall–Kier alpha value is -3.11. The van der Waals surface area contributed by atoms with Crippen LogP contribution in [0.2, 0.25) is 0 Å². The second kappa shape index (κ2) is 13.3. The van der Waals surface area contributed by atoms with Crippen molar-refractivity contribution in [2.24, 2.45) is 0 Å². The molecule has 2 aromatic heterocycles. The lowest BCUT2D eigenvalue weighted by molar-refractivity contribution is -0.193. The van der Waals surface area contributed by atoms with Crippen molar-refractivity contribution in [1.82, 2.24) is 15.0 Å².